The number of anilines is 1. The van der Waals surface area contributed by atoms with Crippen molar-refractivity contribution >= 4 is 11.6 Å². The number of aromatic nitrogens is 1. The normalized spacial score (nSPS) is 15.9. The molecular weight excluding hydrogens is 240 g/mol. The van der Waals surface area contributed by atoms with Crippen molar-refractivity contribution in [2.45, 2.75) is 31.7 Å². The van der Waals surface area contributed by atoms with Gasteiger partial charge >= 0.3 is 0 Å². The summed E-state index contributed by atoms with van der Waals surface area (Å²) < 4.78 is 0. The lowest BCUT2D eigenvalue weighted by Gasteiger charge is -2.23. The maximum atomic E-state index is 11.9. The summed E-state index contributed by atoms with van der Waals surface area (Å²) in [5.41, 5.74) is 6.64. The molecule has 2 rings (SSSR count). The first-order valence-corrected chi connectivity index (χ1v) is 6.86. The van der Waals surface area contributed by atoms with E-state index in [4.69, 9.17) is 5.73 Å². The molecule has 1 aliphatic rings. The summed E-state index contributed by atoms with van der Waals surface area (Å²) in [6, 6.07) is 2.33. The van der Waals surface area contributed by atoms with Gasteiger partial charge in [0.15, 0.2) is 0 Å². The minimum Gasteiger partial charge on any atom is -0.397 e. The summed E-state index contributed by atoms with van der Waals surface area (Å²) in [4.78, 5) is 18.1. The number of likely N-dealkylation sites (N-methyl/N-ethyl adjacent to an activating group) is 1. The van der Waals surface area contributed by atoms with E-state index >= 15 is 0 Å². The highest BCUT2D eigenvalue weighted by molar-refractivity contribution is 5.98. The van der Waals surface area contributed by atoms with Gasteiger partial charge in [-0.1, -0.05) is 12.8 Å². The Morgan fingerprint density at radius 1 is 1.53 bits per heavy atom. The zero-order chi connectivity index (χ0) is 13.7. The third kappa shape index (κ3) is 3.67. The summed E-state index contributed by atoms with van der Waals surface area (Å²) in [5.74, 6) is -0.125. The van der Waals surface area contributed by atoms with E-state index in [1.54, 1.807) is 12.3 Å². The van der Waals surface area contributed by atoms with Crippen molar-refractivity contribution < 1.29 is 4.79 Å². The first-order valence-electron chi connectivity index (χ1n) is 6.86. The Balaban J connectivity index is 1.76. The number of hydrogen-bond donors (Lipinski definition) is 2. The van der Waals surface area contributed by atoms with Gasteiger partial charge in [0.2, 0.25) is 0 Å². The van der Waals surface area contributed by atoms with Crippen LogP contribution >= 0.6 is 0 Å². The molecule has 104 valence electrons. The summed E-state index contributed by atoms with van der Waals surface area (Å²) in [7, 11) is 2.13. The van der Waals surface area contributed by atoms with Crippen LogP contribution in [0.2, 0.25) is 0 Å². The molecule has 5 nitrogen and oxygen atoms in total. The topological polar surface area (TPSA) is 71.2 Å². The zero-order valence-corrected chi connectivity index (χ0v) is 11.4. The average molecular weight is 262 g/mol. The smallest absolute Gasteiger partial charge is 0.253 e. The number of hydrogen-bond acceptors (Lipinski definition) is 4. The first kappa shape index (κ1) is 13.8. The third-order valence-corrected chi connectivity index (χ3v) is 3.79. The zero-order valence-electron chi connectivity index (χ0n) is 11.4. The highest BCUT2D eigenvalue weighted by Gasteiger charge is 2.19. The van der Waals surface area contributed by atoms with Crippen molar-refractivity contribution in [3.63, 3.8) is 0 Å². The number of amides is 1. The Morgan fingerprint density at radius 2 is 2.26 bits per heavy atom. The Morgan fingerprint density at radius 3 is 2.95 bits per heavy atom. The number of carbonyl (C=O) groups is 1. The first-order chi connectivity index (χ1) is 9.18. The van der Waals surface area contributed by atoms with Crippen LogP contribution < -0.4 is 11.1 Å². The number of nitrogens with two attached hydrogens (primary N) is 1. The fraction of sp³-hybridized carbons (Fsp3) is 0.571. The van der Waals surface area contributed by atoms with Gasteiger partial charge in [-0.3, -0.25) is 9.78 Å². The summed E-state index contributed by atoms with van der Waals surface area (Å²) in [6.07, 6.45) is 8.29. The average Bonchev–Trinajstić information content (AvgIpc) is 2.93. The van der Waals surface area contributed by atoms with E-state index in [1.807, 2.05) is 0 Å². The largest absolute Gasteiger partial charge is 0.397 e. The highest BCUT2D eigenvalue weighted by atomic mass is 16.1. The molecule has 0 spiro atoms. The monoisotopic (exact) mass is 262 g/mol. The summed E-state index contributed by atoms with van der Waals surface area (Å²) >= 11 is 0. The fourth-order valence-corrected chi connectivity index (χ4v) is 2.58. The number of nitrogens with zero attached hydrogens (tertiary/aromatic N) is 2. The van der Waals surface area contributed by atoms with Crippen molar-refractivity contribution in [1.29, 1.82) is 0 Å². The molecule has 3 N–H and O–H groups in total. The minimum atomic E-state index is -0.125. The van der Waals surface area contributed by atoms with Gasteiger partial charge in [0.1, 0.15) is 0 Å². The molecule has 1 fully saturated rings. The molecule has 1 aromatic heterocycles. The Hall–Kier alpha value is -1.62. The lowest BCUT2D eigenvalue weighted by molar-refractivity contribution is 0.0948. The molecule has 0 aromatic carbocycles. The van der Waals surface area contributed by atoms with Gasteiger partial charge < -0.3 is 16.0 Å². The maximum absolute atomic E-state index is 11.9. The lowest BCUT2D eigenvalue weighted by atomic mass is 10.2. The van der Waals surface area contributed by atoms with Crippen molar-refractivity contribution in [2.75, 3.05) is 25.9 Å². The highest BCUT2D eigenvalue weighted by Crippen LogP contribution is 2.21. The van der Waals surface area contributed by atoms with Crippen LogP contribution in [0.1, 0.15) is 36.0 Å². The predicted octanol–water partition coefficient (Wildman–Crippen LogP) is 1.27. The predicted molar refractivity (Wildman–Crippen MR) is 75.9 cm³/mol. The van der Waals surface area contributed by atoms with Crippen LogP contribution in [-0.2, 0) is 0 Å². The van der Waals surface area contributed by atoms with E-state index in [2.05, 4.69) is 22.2 Å². The second-order valence-corrected chi connectivity index (χ2v) is 5.14. The molecule has 1 amide bonds. The quantitative estimate of drug-likeness (QED) is 0.838. The van der Waals surface area contributed by atoms with E-state index < -0.39 is 0 Å². The van der Waals surface area contributed by atoms with E-state index in [1.165, 1.54) is 31.9 Å². The molecule has 0 bridgehead atoms. The van der Waals surface area contributed by atoms with Crippen LogP contribution in [0.25, 0.3) is 0 Å². The van der Waals surface area contributed by atoms with Crippen LogP contribution in [0.5, 0.6) is 0 Å². The molecule has 19 heavy (non-hydrogen) atoms. The van der Waals surface area contributed by atoms with E-state index in [0.717, 1.165) is 6.54 Å². The molecule has 1 saturated carbocycles. The second-order valence-electron chi connectivity index (χ2n) is 5.14. The molecule has 0 atom stereocenters. The molecule has 1 aromatic rings. The molecule has 0 radical (unpaired) electrons. The van der Waals surface area contributed by atoms with E-state index in [-0.39, 0.29) is 5.91 Å². The number of rotatable bonds is 5. The lowest BCUT2D eigenvalue weighted by Crippen LogP contribution is -2.37. The Labute approximate surface area is 114 Å². The molecule has 1 heterocycles. The minimum absolute atomic E-state index is 0.125. The third-order valence-electron chi connectivity index (χ3n) is 3.79. The van der Waals surface area contributed by atoms with Crippen LogP contribution in [0, 0.1) is 0 Å². The Bertz CT molecular complexity index is 429. The van der Waals surface area contributed by atoms with Crippen LogP contribution in [0.15, 0.2) is 18.5 Å². The van der Waals surface area contributed by atoms with Gasteiger partial charge in [-0.2, -0.15) is 0 Å². The van der Waals surface area contributed by atoms with Gasteiger partial charge in [-0.15, -0.1) is 0 Å². The number of carbonyl (C=O) groups excluding carboxylic acids is 1. The standard InChI is InChI=1S/C14H22N4O/c1-18(11-4-2-3-5-11)9-8-17-14(19)12-6-7-16-10-13(12)15/h6-7,10-11H,2-5,8-9,15H2,1H3,(H,17,19). The molecule has 1 aliphatic carbocycles. The number of nitrogen functional groups attached to an aromatic ring is 1. The van der Waals surface area contributed by atoms with Crippen LogP contribution in [-0.4, -0.2) is 42.0 Å². The van der Waals surface area contributed by atoms with Gasteiger partial charge in [0.05, 0.1) is 17.4 Å². The molecule has 0 saturated heterocycles. The summed E-state index contributed by atoms with van der Waals surface area (Å²) in [6.45, 7) is 1.52. The van der Waals surface area contributed by atoms with Crippen molar-refractivity contribution in [2.24, 2.45) is 0 Å². The Kier molecular flexibility index (Phi) is 4.74. The SMILES string of the molecule is CN(CCNC(=O)c1ccncc1N)C1CCCC1. The van der Waals surface area contributed by atoms with Gasteiger partial charge in [0.25, 0.3) is 5.91 Å². The number of nitrogens with one attached hydrogen (secondary N) is 1. The van der Waals surface area contributed by atoms with Gasteiger partial charge in [-0.25, -0.2) is 0 Å². The van der Waals surface area contributed by atoms with Gasteiger partial charge in [-0.05, 0) is 26.0 Å². The van der Waals surface area contributed by atoms with E-state index in [9.17, 15) is 4.79 Å². The maximum Gasteiger partial charge on any atom is 0.253 e. The summed E-state index contributed by atoms with van der Waals surface area (Å²) in [5, 5.41) is 2.91. The van der Waals surface area contributed by atoms with Crippen molar-refractivity contribution in [3.05, 3.63) is 24.0 Å². The molecular formula is C14H22N4O. The van der Waals surface area contributed by atoms with Crippen molar-refractivity contribution in [3.8, 4) is 0 Å². The van der Waals surface area contributed by atoms with Crippen LogP contribution in [0.3, 0.4) is 0 Å². The number of pyridine rings is 1. The van der Waals surface area contributed by atoms with Gasteiger partial charge in [0, 0.05) is 25.3 Å². The van der Waals surface area contributed by atoms with E-state index in [0.29, 0.717) is 23.8 Å². The molecule has 0 aliphatic heterocycles. The fourth-order valence-electron chi connectivity index (χ4n) is 2.58. The molecule has 0 unspecified atom stereocenters. The second kappa shape index (κ2) is 6.52. The van der Waals surface area contributed by atoms with Crippen molar-refractivity contribution in [1.82, 2.24) is 15.2 Å². The van der Waals surface area contributed by atoms with Crippen LogP contribution in [0.4, 0.5) is 5.69 Å². The molecule has 5 heteroatoms.